The van der Waals surface area contributed by atoms with Crippen LogP contribution < -0.4 is 21.0 Å². The molecule has 276 valence electrons. The Morgan fingerprint density at radius 2 is 1.47 bits per heavy atom. The Morgan fingerprint density at radius 1 is 0.764 bits per heavy atom. The predicted molar refractivity (Wildman–Crippen MR) is 219 cm³/mol. The molecule has 1 saturated heterocycles. The van der Waals surface area contributed by atoms with Crippen molar-refractivity contribution in [3.8, 4) is 22.3 Å². The first kappa shape index (κ1) is 34.8. The van der Waals surface area contributed by atoms with E-state index in [1.165, 1.54) is 22.3 Å². The quantitative estimate of drug-likeness (QED) is 0.134. The summed E-state index contributed by atoms with van der Waals surface area (Å²) >= 11 is 1.68. The largest absolute Gasteiger partial charge is 0.449 e. The molecule has 7 aromatic rings. The second kappa shape index (κ2) is 15.0. The van der Waals surface area contributed by atoms with Crippen LogP contribution in [0, 0.1) is 0 Å². The molecule has 2 aliphatic rings. The number of amides is 2. The average Bonchev–Trinajstić information content (AvgIpc) is 3.75. The molecule has 2 aromatic heterocycles. The summed E-state index contributed by atoms with van der Waals surface area (Å²) in [5.74, 6) is 0.490. The minimum absolute atomic E-state index is 0.0118. The zero-order chi connectivity index (χ0) is 37.3. The van der Waals surface area contributed by atoms with Gasteiger partial charge in [-0.3, -0.25) is 9.59 Å². The van der Waals surface area contributed by atoms with Crippen LogP contribution in [0.1, 0.15) is 36.3 Å². The number of carbonyl (C=O) groups is 2. The SMILES string of the molecule is O=C(CCCCNC(=O)OCC1c2ccccc2-c2ccccc21)Nc1ccc2sc3c(-c4cccc5c(=O)cc(N6CCOCC6)oc45)cccc3c2c1. The van der Waals surface area contributed by atoms with E-state index in [9.17, 15) is 14.4 Å². The van der Waals surface area contributed by atoms with Crippen LogP contribution in [0.3, 0.4) is 0 Å². The van der Waals surface area contributed by atoms with Crippen molar-refractivity contribution in [1.29, 1.82) is 0 Å². The van der Waals surface area contributed by atoms with E-state index in [0.717, 1.165) is 37.0 Å². The topological polar surface area (TPSA) is 110 Å². The minimum Gasteiger partial charge on any atom is -0.449 e. The highest BCUT2D eigenvalue weighted by atomic mass is 32.1. The van der Waals surface area contributed by atoms with Crippen molar-refractivity contribution in [2.24, 2.45) is 0 Å². The predicted octanol–water partition coefficient (Wildman–Crippen LogP) is 9.31. The van der Waals surface area contributed by atoms with Crippen LogP contribution in [0.5, 0.6) is 0 Å². The van der Waals surface area contributed by atoms with Gasteiger partial charge in [0.15, 0.2) is 11.3 Å². The zero-order valence-corrected chi connectivity index (χ0v) is 31.0. The monoisotopic (exact) mass is 749 g/mol. The van der Waals surface area contributed by atoms with E-state index >= 15 is 0 Å². The fourth-order valence-electron chi connectivity index (χ4n) is 7.88. The van der Waals surface area contributed by atoms with Crippen LogP contribution in [0.2, 0.25) is 0 Å². The summed E-state index contributed by atoms with van der Waals surface area (Å²) in [4.78, 5) is 40.8. The molecule has 0 unspecified atom stereocenters. The van der Waals surface area contributed by atoms with Gasteiger partial charge in [0.2, 0.25) is 5.91 Å². The second-order valence-corrected chi connectivity index (χ2v) is 15.0. The summed E-state index contributed by atoms with van der Waals surface area (Å²) in [6.45, 7) is 3.22. The molecule has 2 amide bonds. The smallest absolute Gasteiger partial charge is 0.407 e. The number of nitrogens with one attached hydrogen (secondary N) is 2. The van der Waals surface area contributed by atoms with Gasteiger partial charge in [-0.1, -0.05) is 78.9 Å². The van der Waals surface area contributed by atoms with Gasteiger partial charge in [0.05, 0.1) is 18.6 Å². The number of fused-ring (bicyclic) bond motifs is 7. The van der Waals surface area contributed by atoms with Crippen molar-refractivity contribution < 1.29 is 23.5 Å². The number of nitrogens with zero attached hydrogens (tertiary/aromatic N) is 1. The van der Waals surface area contributed by atoms with Crippen LogP contribution in [0.4, 0.5) is 16.4 Å². The second-order valence-electron chi connectivity index (χ2n) is 14.0. The third-order valence-electron chi connectivity index (χ3n) is 10.6. The number of carbonyl (C=O) groups excluding carboxylic acids is 2. The summed E-state index contributed by atoms with van der Waals surface area (Å²) in [6.07, 6.45) is 1.15. The van der Waals surface area contributed by atoms with E-state index in [-0.39, 0.29) is 23.9 Å². The maximum absolute atomic E-state index is 13.2. The van der Waals surface area contributed by atoms with E-state index < -0.39 is 6.09 Å². The average molecular weight is 750 g/mol. The molecule has 1 aliphatic carbocycles. The molecule has 3 heterocycles. The molecule has 1 fully saturated rings. The van der Waals surface area contributed by atoms with Gasteiger partial charge in [-0.2, -0.15) is 0 Å². The molecule has 2 N–H and O–H groups in total. The van der Waals surface area contributed by atoms with Gasteiger partial charge in [0.25, 0.3) is 0 Å². The van der Waals surface area contributed by atoms with Crippen LogP contribution >= 0.6 is 11.3 Å². The van der Waals surface area contributed by atoms with Crippen molar-refractivity contribution in [2.45, 2.75) is 25.2 Å². The summed E-state index contributed by atoms with van der Waals surface area (Å²) in [6, 6.07) is 36.0. The number of para-hydroxylation sites is 1. The first-order chi connectivity index (χ1) is 27.0. The Bertz CT molecular complexity index is 2600. The summed E-state index contributed by atoms with van der Waals surface area (Å²) < 4.78 is 19.8. The fraction of sp³-hybridized carbons (Fsp3) is 0.222. The van der Waals surface area contributed by atoms with E-state index in [2.05, 4.69) is 51.9 Å². The molecule has 9 rings (SSSR count). The van der Waals surface area contributed by atoms with Gasteiger partial charge >= 0.3 is 6.09 Å². The lowest BCUT2D eigenvalue weighted by Gasteiger charge is -2.27. The Kier molecular flexibility index (Phi) is 9.51. The number of anilines is 2. The highest BCUT2D eigenvalue weighted by Gasteiger charge is 2.29. The van der Waals surface area contributed by atoms with E-state index in [0.29, 0.717) is 69.0 Å². The van der Waals surface area contributed by atoms with Crippen LogP contribution in [-0.4, -0.2) is 51.5 Å². The number of thiophene rings is 1. The Balaban J connectivity index is 0.823. The summed E-state index contributed by atoms with van der Waals surface area (Å²) in [7, 11) is 0. The Morgan fingerprint density at radius 3 is 2.25 bits per heavy atom. The van der Waals surface area contributed by atoms with E-state index in [1.807, 2.05) is 66.7 Å². The molecule has 1 aliphatic heterocycles. The fourth-order valence-corrected chi connectivity index (χ4v) is 9.09. The van der Waals surface area contributed by atoms with Crippen molar-refractivity contribution >= 4 is 66.1 Å². The van der Waals surface area contributed by atoms with Gasteiger partial charge in [0, 0.05) is 75.0 Å². The number of rotatable bonds is 10. The molecule has 0 saturated carbocycles. The molecule has 55 heavy (non-hydrogen) atoms. The molecule has 9 nitrogen and oxygen atoms in total. The maximum atomic E-state index is 13.2. The molecular formula is C45H39N3O6S. The van der Waals surface area contributed by atoms with Crippen molar-refractivity contribution in [3.05, 3.63) is 131 Å². The number of ether oxygens (including phenoxy) is 2. The first-order valence-electron chi connectivity index (χ1n) is 18.8. The third-order valence-corrected chi connectivity index (χ3v) is 11.8. The standard InChI is InChI=1S/C45H39N3O6S/c49-39-26-42(48-21-23-52-24-22-48)54-43-33(13-7-16-36(39)43)34-14-8-15-35-37-25-28(18-19-40(37)55-44(34)35)47-41(50)17-5-6-20-46-45(51)53-27-38-31-11-3-1-9-29(31)30-10-2-4-12-32(30)38/h1-4,7-16,18-19,25-26,38H,5-6,17,20-24,27H2,(H,46,51)(H,47,50). The Labute approximate surface area is 321 Å². The molecule has 0 bridgehead atoms. The summed E-state index contributed by atoms with van der Waals surface area (Å²) in [5, 5.41) is 8.56. The lowest BCUT2D eigenvalue weighted by molar-refractivity contribution is -0.116. The van der Waals surface area contributed by atoms with Gasteiger partial charge < -0.3 is 29.4 Å². The van der Waals surface area contributed by atoms with Crippen LogP contribution in [-0.2, 0) is 14.3 Å². The first-order valence-corrected chi connectivity index (χ1v) is 19.6. The molecular weight excluding hydrogens is 711 g/mol. The Hall–Kier alpha value is -5.97. The third kappa shape index (κ3) is 6.83. The molecule has 0 atom stereocenters. The highest BCUT2D eigenvalue weighted by Crippen LogP contribution is 2.45. The van der Waals surface area contributed by atoms with E-state index in [4.69, 9.17) is 13.9 Å². The highest BCUT2D eigenvalue weighted by molar-refractivity contribution is 7.26. The molecule has 0 spiro atoms. The number of morpholine rings is 1. The lowest BCUT2D eigenvalue weighted by atomic mass is 9.98. The normalized spacial score (nSPS) is 13.9. The number of hydrogen-bond acceptors (Lipinski definition) is 8. The molecule has 0 radical (unpaired) electrons. The van der Waals surface area contributed by atoms with Crippen molar-refractivity contribution in [3.63, 3.8) is 0 Å². The number of alkyl carbamates (subject to hydrolysis) is 1. The number of benzene rings is 5. The van der Waals surface area contributed by atoms with Crippen molar-refractivity contribution in [2.75, 3.05) is 49.7 Å². The molecule has 5 aromatic carbocycles. The van der Waals surface area contributed by atoms with Crippen molar-refractivity contribution in [1.82, 2.24) is 5.32 Å². The van der Waals surface area contributed by atoms with Crippen LogP contribution in [0.15, 0.2) is 118 Å². The van der Waals surface area contributed by atoms with Crippen LogP contribution in [0.25, 0.3) is 53.4 Å². The minimum atomic E-state index is -0.450. The van der Waals surface area contributed by atoms with Gasteiger partial charge in [-0.05, 0) is 59.4 Å². The maximum Gasteiger partial charge on any atom is 0.407 e. The molecule has 10 heteroatoms. The summed E-state index contributed by atoms with van der Waals surface area (Å²) in [5.41, 5.74) is 7.82. The number of unbranched alkanes of at least 4 members (excludes halogenated alkanes) is 1. The number of hydrogen-bond donors (Lipinski definition) is 2. The van der Waals surface area contributed by atoms with Gasteiger partial charge in [-0.25, -0.2) is 4.79 Å². The zero-order valence-electron chi connectivity index (χ0n) is 30.1. The lowest BCUT2D eigenvalue weighted by Crippen LogP contribution is -2.36. The van der Waals surface area contributed by atoms with E-state index in [1.54, 1.807) is 17.4 Å². The van der Waals surface area contributed by atoms with Gasteiger partial charge in [0.1, 0.15) is 12.2 Å². The van der Waals surface area contributed by atoms with Gasteiger partial charge in [-0.15, -0.1) is 11.3 Å².